The molecule has 6 rings (SSSR count). The van der Waals surface area contributed by atoms with Crippen molar-refractivity contribution in [2.75, 3.05) is 38.7 Å². The van der Waals surface area contributed by atoms with Crippen LogP contribution in [0.25, 0.3) is 6.08 Å². The van der Waals surface area contributed by atoms with E-state index in [-0.39, 0.29) is 48.4 Å². The highest BCUT2D eigenvalue weighted by atomic mass is 35.5. The number of aryl methyl sites for hydroxylation is 1. The van der Waals surface area contributed by atoms with Crippen molar-refractivity contribution in [2.45, 2.75) is 82.1 Å². The van der Waals surface area contributed by atoms with E-state index in [4.69, 9.17) is 32.7 Å². The van der Waals surface area contributed by atoms with Gasteiger partial charge in [-0.3, -0.25) is 19.3 Å². The van der Waals surface area contributed by atoms with Gasteiger partial charge in [-0.25, -0.2) is 0 Å². The number of aromatic nitrogens is 1. The number of rotatable bonds is 10. The summed E-state index contributed by atoms with van der Waals surface area (Å²) in [7, 11) is 3.68. The fourth-order valence-corrected chi connectivity index (χ4v) is 8.14. The molecule has 3 fully saturated rings. The Balaban J connectivity index is 1.12. The van der Waals surface area contributed by atoms with Crippen LogP contribution in [0.3, 0.4) is 0 Å². The maximum atomic E-state index is 13.9. The Hall–Kier alpha value is -2.89. The van der Waals surface area contributed by atoms with Gasteiger partial charge in [-0.1, -0.05) is 35.4 Å². The Bertz CT molecular complexity index is 1530. The molecule has 0 bridgehead atoms. The van der Waals surface area contributed by atoms with Gasteiger partial charge < -0.3 is 29.4 Å². The van der Waals surface area contributed by atoms with E-state index >= 15 is 0 Å². The number of carboxylic acid groups (broad SMARTS) is 1. The van der Waals surface area contributed by atoms with E-state index in [9.17, 15) is 19.5 Å². The predicted octanol–water partition coefficient (Wildman–Crippen LogP) is 5.44. The van der Waals surface area contributed by atoms with Gasteiger partial charge in [0.25, 0.3) is 5.91 Å². The summed E-state index contributed by atoms with van der Waals surface area (Å²) in [5.74, 6) is -1.37. The monoisotopic (exact) mass is 686 g/mol. The van der Waals surface area contributed by atoms with Crippen molar-refractivity contribution in [1.82, 2.24) is 14.4 Å². The summed E-state index contributed by atoms with van der Waals surface area (Å²) in [5, 5.41) is 12.9. The number of nitrogens with zero attached hydrogens (tertiary/aromatic N) is 3. The number of ether oxygens (including phenoxy) is 2. The highest BCUT2D eigenvalue weighted by molar-refractivity contribution is 6.36. The number of aliphatic carboxylic acids is 1. The lowest BCUT2D eigenvalue weighted by Gasteiger charge is -2.30. The molecule has 0 spiro atoms. The SMILES string of the molecule is CO[C@H]1CCN([C@H]2C[C@@H](COC3CCC(C(=O)O)CC3)N(C(=O)Cc3cc(Cl)c(NC(=O)c4cn(C)c5c4C=CCC5)cc3Cl)C2)C1. The van der Waals surface area contributed by atoms with Crippen LogP contribution in [0.5, 0.6) is 0 Å². The van der Waals surface area contributed by atoms with Crippen LogP contribution in [0, 0.1) is 5.92 Å². The van der Waals surface area contributed by atoms with Gasteiger partial charge in [-0.15, -0.1) is 0 Å². The molecule has 3 heterocycles. The number of carboxylic acids is 1. The van der Waals surface area contributed by atoms with Gasteiger partial charge in [0.05, 0.1) is 53.5 Å². The molecule has 0 radical (unpaired) electrons. The standard InChI is InChI=1S/C35H44Cl2N4O6/c1-39-19-28(27-5-3-4-6-32(27)39)34(43)38-31-16-29(36)22(13-30(31)37)14-33(42)41-17-23(40-12-11-26(18-40)46-2)15-24(41)20-47-25-9-7-21(8-10-25)35(44)45/h3,5,13,16,19,21,23-26H,4,6-12,14-15,17-18,20H2,1-2H3,(H,38,43)(H,44,45)/t21?,23-,24-,25?,26-/m0/s1. The molecule has 10 nitrogen and oxygen atoms in total. The van der Waals surface area contributed by atoms with Crippen LogP contribution in [0.15, 0.2) is 24.4 Å². The minimum atomic E-state index is -0.736. The van der Waals surface area contributed by atoms with Gasteiger partial charge in [-0.2, -0.15) is 0 Å². The average molecular weight is 688 g/mol. The Morgan fingerprint density at radius 1 is 1.04 bits per heavy atom. The van der Waals surface area contributed by atoms with Crippen LogP contribution >= 0.6 is 23.2 Å². The first-order chi connectivity index (χ1) is 22.6. The zero-order valence-corrected chi connectivity index (χ0v) is 28.6. The number of anilines is 1. The lowest BCUT2D eigenvalue weighted by molar-refractivity contribution is -0.144. The second-order valence-corrected chi connectivity index (χ2v) is 14.2. The molecule has 2 aromatic rings. The Labute approximate surface area is 286 Å². The molecule has 1 saturated carbocycles. The Kier molecular flexibility index (Phi) is 10.6. The van der Waals surface area contributed by atoms with Crippen LogP contribution in [0.1, 0.15) is 72.1 Å². The summed E-state index contributed by atoms with van der Waals surface area (Å²) in [6.07, 6.45) is 12.4. The van der Waals surface area contributed by atoms with Crippen LogP contribution in [0.2, 0.25) is 10.0 Å². The molecule has 2 amide bonds. The minimum Gasteiger partial charge on any atom is -0.481 e. The largest absolute Gasteiger partial charge is 0.481 e. The van der Waals surface area contributed by atoms with E-state index in [0.717, 1.165) is 50.0 Å². The molecule has 4 aliphatic rings. The number of benzene rings is 1. The molecule has 2 saturated heterocycles. The van der Waals surface area contributed by atoms with Crippen molar-refractivity contribution in [3.63, 3.8) is 0 Å². The van der Waals surface area contributed by atoms with Gasteiger partial charge in [0.1, 0.15) is 0 Å². The molecule has 2 aliphatic heterocycles. The highest BCUT2D eigenvalue weighted by Gasteiger charge is 2.41. The second kappa shape index (κ2) is 14.7. The number of methoxy groups -OCH3 is 1. The molecular weight excluding hydrogens is 643 g/mol. The number of fused-ring (bicyclic) bond motifs is 1. The lowest BCUT2D eigenvalue weighted by atomic mass is 9.87. The first kappa shape index (κ1) is 34.0. The predicted molar refractivity (Wildman–Crippen MR) is 181 cm³/mol. The van der Waals surface area contributed by atoms with Crippen LogP contribution in [-0.4, -0.2) is 94.9 Å². The van der Waals surface area contributed by atoms with Gasteiger partial charge in [0.2, 0.25) is 5.91 Å². The fourth-order valence-electron chi connectivity index (χ4n) is 7.68. The number of carbonyl (C=O) groups is 3. The molecular formula is C35H44Cl2N4O6. The third-order valence-electron chi connectivity index (χ3n) is 10.4. The smallest absolute Gasteiger partial charge is 0.306 e. The first-order valence-corrected chi connectivity index (χ1v) is 17.4. The highest BCUT2D eigenvalue weighted by Crippen LogP contribution is 2.34. The van der Waals surface area contributed by atoms with Gasteiger partial charge >= 0.3 is 5.97 Å². The zero-order chi connectivity index (χ0) is 33.2. The van der Waals surface area contributed by atoms with Crippen molar-refractivity contribution in [3.05, 3.63) is 56.8 Å². The number of halogens is 2. The first-order valence-electron chi connectivity index (χ1n) is 16.7. The summed E-state index contributed by atoms with van der Waals surface area (Å²) in [4.78, 5) is 42.9. The van der Waals surface area contributed by atoms with E-state index in [1.165, 1.54) is 0 Å². The number of hydrogen-bond donors (Lipinski definition) is 2. The molecule has 1 aromatic carbocycles. The maximum Gasteiger partial charge on any atom is 0.306 e. The summed E-state index contributed by atoms with van der Waals surface area (Å²) in [6, 6.07) is 3.38. The summed E-state index contributed by atoms with van der Waals surface area (Å²) < 4.78 is 13.9. The van der Waals surface area contributed by atoms with Crippen LogP contribution in [-0.2, 0) is 39.0 Å². The number of hydrogen-bond acceptors (Lipinski definition) is 6. The minimum absolute atomic E-state index is 0.000300. The third kappa shape index (κ3) is 7.57. The molecule has 254 valence electrons. The van der Waals surface area contributed by atoms with E-state index in [1.807, 2.05) is 28.8 Å². The summed E-state index contributed by atoms with van der Waals surface area (Å²) in [6.45, 7) is 2.76. The average Bonchev–Trinajstić information content (AvgIpc) is 3.80. The Morgan fingerprint density at radius 3 is 2.55 bits per heavy atom. The van der Waals surface area contributed by atoms with E-state index < -0.39 is 5.97 Å². The third-order valence-corrected chi connectivity index (χ3v) is 11.1. The molecule has 2 N–H and O–H groups in total. The fraction of sp³-hybridized carbons (Fsp3) is 0.571. The normalized spacial score (nSPS) is 26.0. The van der Waals surface area contributed by atoms with Crippen molar-refractivity contribution >= 4 is 52.7 Å². The topological polar surface area (TPSA) is 113 Å². The van der Waals surface area contributed by atoms with Crippen molar-refractivity contribution in [1.29, 1.82) is 0 Å². The maximum absolute atomic E-state index is 13.9. The lowest BCUT2D eigenvalue weighted by Crippen LogP contribution is -2.41. The van der Waals surface area contributed by atoms with Crippen LogP contribution in [0.4, 0.5) is 5.69 Å². The molecule has 2 aliphatic carbocycles. The molecule has 12 heteroatoms. The Morgan fingerprint density at radius 2 is 1.83 bits per heavy atom. The summed E-state index contributed by atoms with van der Waals surface area (Å²) >= 11 is 13.4. The molecule has 0 unspecified atom stereocenters. The number of allylic oxidation sites excluding steroid dienone is 1. The molecule has 3 atom stereocenters. The quantitative estimate of drug-likeness (QED) is 0.342. The molecule has 47 heavy (non-hydrogen) atoms. The van der Waals surface area contributed by atoms with E-state index in [0.29, 0.717) is 65.7 Å². The van der Waals surface area contributed by atoms with E-state index in [1.54, 1.807) is 19.2 Å². The number of amides is 2. The van der Waals surface area contributed by atoms with E-state index in [2.05, 4.69) is 16.3 Å². The molecule has 1 aromatic heterocycles. The number of likely N-dealkylation sites (tertiary alicyclic amines) is 2. The van der Waals surface area contributed by atoms with Crippen LogP contribution < -0.4 is 5.32 Å². The second-order valence-electron chi connectivity index (χ2n) is 13.4. The van der Waals surface area contributed by atoms with Crippen molar-refractivity contribution in [2.24, 2.45) is 13.0 Å². The van der Waals surface area contributed by atoms with Gasteiger partial charge in [0, 0.05) is 62.3 Å². The van der Waals surface area contributed by atoms with Crippen molar-refractivity contribution < 1.29 is 29.0 Å². The summed E-state index contributed by atoms with van der Waals surface area (Å²) in [5.41, 5.74) is 3.60. The van der Waals surface area contributed by atoms with Gasteiger partial charge in [-0.05, 0) is 69.1 Å². The number of carbonyl (C=O) groups excluding carboxylic acids is 2. The zero-order valence-electron chi connectivity index (χ0n) is 27.1. The number of nitrogens with one attached hydrogen (secondary N) is 1. The van der Waals surface area contributed by atoms with Crippen molar-refractivity contribution in [3.8, 4) is 0 Å². The van der Waals surface area contributed by atoms with Gasteiger partial charge in [0.15, 0.2) is 0 Å².